The Morgan fingerprint density at radius 3 is 2.73 bits per heavy atom. The zero-order valence-corrected chi connectivity index (χ0v) is 12.2. The highest BCUT2D eigenvalue weighted by Crippen LogP contribution is 2.24. The summed E-state index contributed by atoms with van der Waals surface area (Å²) in [6.45, 7) is 2.15. The summed E-state index contributed by atoms with van der Waals surface area (Å²) in [6.07, 6.45) is 0.136. The number of carbonyl (C=O) groups is 1. The molecule has 22 heavy (non-hydrogen) atoms. The maximum atomic E-state index is 11.5. The smallest absolute Gasteiger partial charge is 0.313 e. The van der Waals surface area contributed by atoms with Crippen LogP contribution in [0.25, 0.3) is 11.0 Å². The minimum atomic E-state index is -0.290. The summed E-state index contributed by atoms with van der Waals surface area (Å²) in [4.78, 5) is 19.0. The molecule has 0 spiro atoms. The van der Waals surface area contributed by atoms with Gasteiger partial charge in [-0.05, 0) is 31.2 Å². The minimum absolute atomic E-state index is 0.136. The predicted molar refractivity (Wildman–Crippen MR) is 82.9 cm³/mol. The van der Waals surface area contributed by atoms with Gasteiger partial charge in [-0.25, -0.2) is 4.98 Å². The number of carbonyl (C=O) groups excluding carboxylic acids is 1. The van der Waals surface area contributed by atoms with E-state index in [4.69, 9.17) is 9.47 Å². The molecule has 2 aromatic carbocycles. The number of nitrogens with one attached hydrogen (secondary N) is 1. The Morgan fingerprint density at radius 2 is 1.95 bits per heavy atom. The second kappa shape index (κ2) is 6.30. The quantitative estimate of drug-likeness (QED) is 0.732. The van der Waals surface area contributed by atoms with Crippen LogP contribution in [0.1, 0.15) is 12.7 Å². The topological polar surface area (TPSA) is 64.2 Å². The fraction of sp³-hybridized carbons (Fsp3) is 0.176. The van der Waals surface area contributed by atoms with Crippen LogP contribution in [-0.2, 0) is 16.0 Å². The van der Waals surface area contributed by atoms with Crippen molar-refractivity contribution in [1.82, 2.24) is 9.97 Å². The Kier molecular flexibility index (Phi) is 4.05. The van der Waals surface area contributed by atoms with Crippen molar-refractivity contribution in [2.24, 2.45) is 0 Å². The number of para-hydroxylation sites is 1. The fourth-order valence-corrected chi connectivity index (χ4v) is 2.16. The molecule has 0 radical (unpaired) electrons. The van der Waals surface area contributed by atoms with E-state index in [1.54, 1.807) is 6.92 Å². The number of hydrogen-bond acceptors (Lipinski definition) is 4. The van der Waals surface area contributed by atoms with Crippen molar-refractivity contribution in [3.63, 3.8) is 0 Å². The number of ether oxygens (including phenoxy) is 2. The number of H-pyrrole nitrogens is 1. The molecule has 1 N–H and O–H groups in total. The summed E-state index contributed by atoms with van der Waals surface area (Å²) in [6, 6.07) is 15.1. The van der Waals surface area contributed by atoms with Gasteiger partial charge in [-0.1, -0.05) is 18.2 Å². The zero-order chi connectivity index (χ0) is 15.4. The average molecular weight is 296 g/mol. The molecule has 0 saturated carbocycles. The second-order valence-electron chi connectivity index (χ2n) is 4.76. The van der Waals surface area contributed by atoms with Crippen LogP contribution in [0.15, 0.2) is 48.5 Å². The number of nitrogens with zero attached hydrogens (tertiary/aromatic N) is 1. The molecule has 0 fully saturated rings. The first-order valence-electron chi connectivity index (χ1n) is 7.12. The summed E-state index contributed by atoms with van der Waals surface area (Å²) in [5.74, 6) is 1.78. The fourth-order valence-electron chi connectivity index (χ4n) is 2.16. The standard InChI is InChI=1S/C17H16N2O3/c1-2-21-17(20)11-16-18-14-9-8-13(10-15(14)19-16)22-12-6-4-3-5-7-12/h3-10H,2,11H2,1H3,(H,18,19). The zero-order valence-electron chi connectivity index (χ0n) is 12.2. The number of aromatic amines is 1. The van der Waals surface area contributed by atoms with Crippen LogP contribution in [0, 0.1) is 0 Å². The summed E-state index contributed by atoms with van der Waals surface area (Å²) in [7, 11) is 0. The SMILES string of the molecule is CCOC(=O)Cc1nc2ccc(Oc3ccccc3)cc2[nH]1. The number of aromatic nitrogens is 2. The van der Waals surface area contributed by atoms with Gasteiger partial charge in [0.15, 0.2) is 0 Å². The van der Waals surface area contributed by atoms with E-state index in [-0.39, 0.29) is 12.4 Å². The molecule has 5 nitrogen and oxygen atoms in total. The molecule has 1 aromatic heterocycles. The molecule has 0 atom stereocenters. The van der Waals surface area contributed by atoms with Crippen molar-refractivity contribution in [3.05, 3.63) is 54.4 Å². The molecule has 0 bridgehead atoms. The highest BCUT2D eigenvalue weighted by Gasteiger charge is 2.09. The van der Waals surface area contributed by atoms with E-state index in [0.717, 1.165) is 16.8 Å². The van der Waals surface area contributed by atoms with E-state index in [1.165, 1.54) is 0 Å². The molecule has 112 valence electrons. The van der Waals surface area contributed by atoms with Crippen molar-refractivity contribution in [2.75, 3.05) is 6.61 Å². The van der Waals surface area contributed by atoms with Gasteiger partial charge in [0.1, 0.15) is 23.7 Å². The molecular formula is C17H16N2O3. The largest absolute Gasteiger partial charge is 0.466 e. The molecule has 0 saturated heterocycles. The van der Waals surface area contributed by atoms with Crippen LogP contribution in [0.2, 0.25) is 0 Å². The highest BCUT2D eigenvalue weighted by atomic mass is 16.5. The van der Waals surface area contributed by atoms with Crippen molar-refractivity contribution < 1.29 is 14.3 Å². The van der Waals surface area contributed by atoms with Gasteiger partial charge in [-0.3, -0.25) is 4.79 Å². The number of imidazole rings is 1. The number of benzene rings is 2. The summed E-state index contributed by atoms with van der Waals surface area (Å²) >= 11 is 0. The first kappa shape index (κ1) is 14.1. The molecule has 5 heteroatoms. The lowest BCUT2D eigenvalue weighted by Crippen LogP contribution is -2.08. The van der Waals surface area contributed by atoms with E-state index < -0.39 is 0 Å². The summed E-state index contributed by atoms with van der Waals surface area (Å²) in [5.41, 5.74) is 1.62. The third-order valence-electron chi connectivity index (χ3n) is 3.10. The van der Waals surface area contributed by atoms with Gasteiger partial charge < -0.3 is 14.5 Å². The molecule has 0 aliphatic rings. The Morgan fingerprint density at radius 1 is 1.14 bits per heavy atom. The lowest BCUT2D eigenvalue weighted by molar-refractivity contribution is -0.142. The summed E-state index contributed by atoms with van der Waals surface area (Å²) < 4.78 is 10.7. The first-order valence-corrected chi connectivity index (χ1v) is 7.12. The number of rotatable bonds is 5. The van der Waals surface area contributed by atoms with Gasteiger partial charge in [0.2, 0.25) is 0 Å². The van der Waals surface area contributed by atoms with Gasteiger partial charge in [-0.15, -0.1) is 0 Å². The van der Waals surface area contributed by atoms with Crippen molar-refractivity contribution in [3.8, 4) is 11.5 Å². The molecule has 3 rings (SSSR count). The minimum Gasteiger partial charge on any atom is -0.466 e. The van der Waals surface area contributed by atoms with Crippen LogP contribution in [0.3, 0.4) is 0 Å². The summed E-state index contributed by atoms with van der Waals surface area (Å²) in [5, 5.41) is 0. The molecule has 0 amide bonds. The lowest BCUT2D eigenvalue weighted by Gasteiger charge is -2.04. The van der Waals surface area contributed by atoms with Gasteiger partial charge in [0.05, 0.1) is 17.6 Å². The van der Waals surface area contributed by atoms with Crippen LogP contribution in [-0.4, -0.2) is 22.5 Å². The van der Waals surface area contributed by atoms with Crippen LogP contribution in [0.4, 0.5) is 0 Å². The maximum absolute atomic E-state index is 11.5. The van der Waals surface area contributed by atoms with E-state index in [1.807, 2.05) is 48.5 Å². The Labute approximate surface area is 127 Å². The molecule has 1 heterocycles. The maximum Gasteiger partial charge on any atom is 0.313 e. The Bertz CT molecular complexity index is 781. The second-order valence-corrected chi connectivity index (χ2v) is 4.76. The number of fused-ring (bicyclic) bond motifs is 1. The third kappa shape index (κ3) is 3.25. The third-order valence-corrected chi connectivity index (χ3v) is 3.10. The van der Waals surface area contributed by atoms with E-state index in [9.17, 15) is 4.79 Å². The van der Waals surface area contributed by atoms with Crippen molar-refractivity contribution >= 4 is 17.0 Å². The highest BCUT2D eigenvalue weighted by molar-refractivity contribution is 5.79. The van der Waals surface area contributed by atoms with E-state index >= 15 is 0 Å². The number of hydrogen-bond donors (Lipinski definition) is 1. The van der Waals surface area contributed by atoms with Crippen LogP contribution >= 0.6 is 0 Å². The molecule has 0 aliphatic heterocycles. The van der Waals surface area contributed by atoms with Crippen molar-refractivity contribution in [1.29, 1.82) is 0 Å². The molecule has 0 aliphatic carbocycles. The normalized spacial score (nSPS) is 10.6. The van der Waals surface area contributed by atoms with Gasteiger partial charge in [0, 0.05) is 6.07 Å². The molecule has 0 unspecified atom stereocenters. The van der Waals surface area contributed by atoms with Crippen molar-refractivity contribution in [2.45, 2.75) is 13.3 Å². The van der Waals surface area contributed by atoms with Gasteiger partial charge in [-0.2, -0.15) is 0 Å². The average Bonchev–Trinajstić information content (AvgIpc) is 2.90. The predicted octanol–water partition coefficient (Wildman–Crippen LogP) is 3.46. The van der Waals surface area contributed by atoms with Gasteiger partial charge in [0.25, 0.3) is 0 Å². The Balaban J connectivity index is 1.79. The van der Waals surface area contributed by atoms with E-state index in [0.29, 0.717) is 18.2 Å². The first-order chi connectivity index (χ1) is 10.7. The Hall–Kier alpha value is -2.82. The molecule has 3 aromatic rings. The lowest BCUT2D eigenvalue weighted by atomic mass is 10.3. The number of esters is 1. The van der Waals surface area contributed by atoms with E-state index in [2.05, 4.69) is 9.97 Å². The van der Waals surface area contributed by atoms with Crippen LogP contribution < -0.4 is 4.74 Å². The molecular weight excluding hydrogens is 280 g/mol. The monoisotopic (exact) mass is 296 g/mol. The van der Waals surface area contributed by atoms with Gasteiger partial charge >= 0.3 is 5.97 Å². The van der Waals surface area contributed by atoms with Crippen LogP contribution in [0.5, 0.6) is 11.5 Å².